The number of hydrogen-bond donors (Lipinski definition) is 1. The van der Waals surface area contributed by atoms with Crippen LogP contribution >= 0.6 is 0 Å². The molecular weight excluding hydrogens is 225 g/mol. The Hall–Kier alpha value is -1.33. The van der Waals surface area contributed by atoms with E-state index in [4.69, 9.17) is 5.11 Å². The summed E-state index contributed by atoms with van der Waals surface area (Å²) in [6, 6.07) is 0. The van der Waals surface area contributed by atoms with Gasteiger partial charge in [0, 0.05) is 12.8 Å². The molecule has 0 saturated heterocycles. The molecule has 0 bridgehead atoms. The van der Waals surface area contributed by atoms with Crippen LogP contribution in [0.2, 0.25) is 0 Å². The lowest BCUT2D eigenvalue weighted by Crippen LogP contribution is -2.34. The summed E-state index contributed by atoms with van der Waals surface area (Å²) in [5.74, 6) is -3.97. The Labute approximate surface area is 89.9 Å². The Balaban J connectivity index is 3.18. The van der Waals surface area contributed by atoms with Gasteiger partial charge in [-0.05, 0) is 5.41 Å². The number of halogens is 3. The van der Waals surface area contributed by atoms with Gasteiger partial charge in [0.15, 0.2) is 11.6 Å². The van der Waals surface area contributed by atoms with Crippen LogP contribution in [0.25, 0.3) is 0 Å². The van der Waals surface area contributed by atoms with Crippen molar-refractivity contribution in [3.8, 4) is 0 Å². The Morgan fingerprint density at radius 1 is 1.19 bits per heavy atom. The van der Waals surface area contributed by atoms with Crippen molar-refractivity contribution in [2.75, 3.05) is 0 Å². The highest BCUT2D eigenvalue weighted by atomic mass is 19.4. The standard InChI is InChI=1S/C10H11F3O3/c1-9(2)3-5(14)7(6(15)4-9)8(16)10(11,12)13/h16H,3-4H2,1-2H3. The lowest BCUT2D eigenvalue weighted by atomic mass is 9.74. The van der Waals surface area contributed by atoms with Crippen LogP contribution in [0.1, 0.15) is 26.7 Å². The van der Waals surface area contributed by atoms with E-state index in [0.29, 0.717) is 0 Å². The van der Waals surface area contributed by atoms with Crippen molar-refractivity contribution in [1.29, 1.82) is 0 Å². The van der Waals surface area contributed by atoms with Crippen LogP contribution in [-0.2, 0) is 9.59 Å². The third kappa shape index (κ3) is 2.43. The molecule has 1 fully saturated rings. The van der Waals surface area contributed by atoms with Crippen molar-refractivity contribution in [2.45, 2.75) is 32.9 Å². The Morgan fingerprint density at radius 2 is 1.56 bits per heavy atom. The molecule has 0 aromatic rings. The summed E-state index contributed by atoms with van der Waals surface area (Å²) in [6.07, 6.45) is -5.40. The second-order valence-electron chi connectivity index (χ2n) is 4.59. The first kappa shape index (κ1) is 12.7. The molecule has 0 radical (unpaired) electrons. The van der Waals surface area contributed by atoms with Crippen molar-refractivity contribution < 1.29 is 27.9 Å². The van der Waals surface area contributed by atoms with E-state index in [1.54, 1.807) is 13.8 Å². The van der Waals surface area contributed by atoms with E-state index in [2.05, 4.69) is 0 Å². The van der Waals surface area contributed by atoms with Crippen molar-refractivity contribution in [1.82, 2.24) is 0 Å². The monoisotopic (exact) mass is 236 g/mol. The average molecular weight is 236 g/mol. The molecule has 0 aromatic heterocycles. The minimum absolute atomic E-state index is 0.172. The molecule has 1 rings (SSSR count). The van der Waals surface area contributed by atoms with E-state index >= 15 is 0 Å². The van der Waals surface area contributed by atoms with Gasteiger partial charge in [-0.1, -0.05) is 13.8 Å². The molecule has 0 atom stereocenters. The van der Waals surface area contributed by atoms with E-state index in [-0.39, 0.29) is 12.8 Å². The van der Waals surface area contributed by atoms with E-state index < -0.39 is 34.5 Å². The van der Waals surface area contributed by atoms with Crippen LogP contribution in [0.4, 0.5) is 13.2 Å². The molecule has 90 valence electrons. The first-order valence-corrected chi connectivity index (χ1v) is 4.61. The fourth-order valence-electron chi connectivity index (χ4n) is 1.67. The van der Waals surface area contributed by atoms with Gasteiger partial charge in [0.05, 0.1) is 0 Å². The highest BCUT2D eigenvalue weighted by Crippen LogP contribution is 2.37. The maximum atomic E-state index is 12.2. The largest absolute Gasteiger partial charge is 0.504 e. The number of carbonyl (C=O) groups is 2. The van der Waals surface area contributed by atoms with Crippen LogP contribution in [0.5, 0.6) is 0 Å². The van der Waals surface area contributed by atoms with Crippen LogP contribution in [0.3, 0.4) is 0 Å². The van der Waals surface area contributed by atoms with E-state index in [9.17, 15) is 22.8 Å². The van der Waals surface area contributed by atoms with Crippen molar-refractivity contribution in [2.24, 2.45) is 5.41 Å². The molecule has 6 heteroatoms. The van der Waals surface area contributed by atoms with Gasteiger partial charge < -0.3 is 5.11 Å². The summed E-state index contributed by atoms with van der Waals surface area (Å²) in [4.78, 5) is 22.7. The second kappa shape index (κ2) is 3.61. The molecule has 1 saturated carbocycles. The third-order valence-corrected chi connectivity index (χ3v) is 2.34. The Kier molecular flexibility index (Phi) is 2.87. The zero-order valence-corrected chi connectivity index (χ0v) is 8.81. The summed E-state index contributed by atoms with van der Waals surface area (Å²) >= 11 is 0. The van der Waals surface area contributed by atoms with Crippen LogP contribution in [0.15, 0.2) is 11.3 Å². The third-order valence-electron chi connectivity index (χ3n) is 2.34. The molecule has 0 aromatic carbocycles. The normalized spacial score (nSPS) is 21.2. The minimum Gasteiger partial charge on any atom is -0.504 e. The molecule has 0 unspecified atom stereocenters. The van der Waals surface area contributed by atoms with Gasteiger partial charge >= 0.3 is 6.18 Å². The second-order valence-corrected chi connectivity index (χ2v) is 4.59. The highest BCUT2D eigenvalue weighted by Gasteiger charge is 2.44. The van der Waals surface area contributed by atoms with E-state index in [1.165, 1.54) is 0 Å². The predicted octanol–water partition coefficient (Wildman–Crippen LogP) is 2.32. The topological polar surface area (TPSA) is 54.4 Å². The zero-order valence-electron chi connectivity index (χ0n) is 8.81. The van der Waals surface area contributed by atoms with Crippen LogP contribution in [0, 0.1) is 5.41 Å². The van der Waals surface area contributed by atoms with Crippen molar-refractivity contribution in [3.05, 3.63) is 11.3 Å². The number of allylic oxidation sites excluding steroid dienone is 2. The molecule has 1 aliphatic rings. The van der Waals surface area contributed by atoms with Gasteiger partial charge in [0.2, 0.25) is 5.76 Å². The fourth-order valence-corrected chi connectivity index (χ4v) is 1.67. The van der Waals surface area contributed by atoms with Crippen LogP contribution < -0.4 is 0 Å². The van der Waals surface area contributed by atoms with Gasteiger partial charge in [-0.3, -0.25) is 9.59 Å². The number of rotatable bonds is 0. The first-order chi connectivity index (χ1) is 7.04. The average Bonchev–Trinajstić information content (AvgIpc) is 1.97. The summed E-state index contributed by atoms with van der Waals surface area (Å²) < 4.78 is 36.5. The summed E-state index contributed by atoms with van der Waals surface area (Å²) in [7, 11) is 0. The first-order valence-electron chi connectivity index (χ1n) is 4.61. The molecule has 3 nitrogen and oxygen atoms in total. The number of carbonyl (C=O) groups excluding carboxylic acids is 2. The molecule has 0 aliphatic heterocycles. The fraction of sp³-hybridized carbons (Fsp3) is 0.600. The molecule has 16 heavy (non-hydrogen) atoms. The lowest BCUT2D eigenvalue weighted by Gasteiger charge is -2.28. The summed E-state index contributed by atoms with van der Waals surface area (Å²) in [6.45, 7) is 3.23. The Bertz CT molecular complexity index is 355. The molecule has 1 N–H and O–H groups in total. The number of Topliss-reactive ketones (excluding diaryl/α,β-unsaturated/α-hetero) is 2. The highest BCUT2D eigenvalue weighted by molar-refractivity contribution is 6.22. The smallest absolute Gasteiger partial charge is 0.449 e. The number of hydrogen-bond acceptors (Lipinski definition) is 3. The number of alkyl halides is 3. The van der Waals surface area contributed by atoms with Crippen LogP contribution in [-0.4, -0.2) is 22.8 Å². The quantitative estimate of drug-likeness (QED) is 0.399. The molecule has 0 amide bonds. The number of aliphatic hydroxyl groups excluding tert-OH is 1. The van der Waals surface area contributed by atoms with Gasteiger partial charge in [-0.15, -0.1) is 0 Å². The number of aliphatic hydroxyl groups is 1. The molecule has 0 spiro atoms. The molecular formula is C10H11F3O3. The summed E-state index contributed by atoms with van der Waals surface area (Å²) in [5.41, 5.74) is -1.75. The van der Waals surface area contributed by atoms with E-state index in [0.717, 1.165) is 0 Å². The SMILES string of the molecule is CC1(C)CC(=O)C(=C(O)C(F)(F)F)C(=O)C1. The zero-order chi connectivity index (χ0) is 12.7. The van der Waals surface area contributed by atoms with Gasteiger partial charge in [-0.2, -0.15) is 13.2 Å². The summed E-state index contributed by atoms with van der Waals surface area (Å²) in [5, 5.41) is 8.83. The maximum absolute atomic E-state index is 12.2. The van der Waals surface area contributed by atoms with Crippen molar-refractivity contribution in [3.63, 3.8) is 0 Å². The maximum Gasteiger partial charge on any atom is 0.449 e. The molecule has 1 aliphatic carbocycles. The van der Waals surface area contributed by atoms with Gasteiger partial charge in [0.1, 0.15) is 5.57 Å². The van der Waals surface area contributed by atoms with E-state index in [1.807, 2.05) is 0 Å². The lowest BCUT2D eigenvalue weighted by molar-refractivity contribution is -0.136. The molecule has 0 heterocycles. The predicted molar refractivity (Wildman–Crippen MR) is 48.7 cm³/mol. The van der Waals surface area contributed by atoms with Crippen molar-refractivity contribution >= 4 is 11.6 Å². The minimum atomic E-state index is -5.05. The van der Waals surface area contributed by atoms with Gasteiger partial charge in [0.25, 0.3) is 0 Å². The van der Waals surface area contributed by atoms with Gasteiger partial charge in [-0.25, -0.2) is 0 Å². The Morgan fingerprint density at radius 3 is 1.88 bits per heavy atom. The number of ketones is 2.